The summed E-state index contributed by atoms with van der Waals surface area (Å²) in [5, 5.41) is 9.15. The van der Waals surface area contributed by atoms with Crippen LogP contribution in [0.4, 0.5) is 4.39 Å². The summed E-state index contributed by atoms with van der Waals surface area (Å²) in [5.74, 6) is -1.63. The maximum absolute atomic E-state index is 15.2. The minimum absolute atomic E-state index is 0.0677. The summed E-state index contributed by atoms with van der Waals surface area (Å²) in [6, 6.07) is 3.84. The molecule has 1 aromatic carbocycles. The molecule has 3 N–H and O–H groups in total. The van der Waals surface area contributed by atoms with Crippen molar-refractivity contribution in [1.29, 1.82) is 0 Å². The Morgan fingerprint density at radius 1 is 1.42 bits per heavy atom. The van der Waals surface area contributed by atoms with Crippen LogP contribution in [0.1, 0.15) is 24.8 Å². The lowest BCUT2D eigenvalue weighted by Gasteiger charge is -2.37. The number of benzene rings is 1. The Kier molecular flexibility index (Phi) is 6.56. The summed E-state index contributed by atoms with van der Waals surface area (Å²) in [6.07, 6.45) is 0.859. The number of hydrogen-bond acceptors (Lipinski definition) is 5. The van der Waals surface area contributed by atoms with Crippen LogP contribution < -0.4 is 5.73 Å². The van der Waals surface area contributed by atoms with E-state index in [-0.39, 0.29) is 35.0 Å². The van der Waals surface area contributed by atoms with Crippen molar-refractivity contribution in [3.8, 4) is 0 Å². The fourth-order valence-corrected chi connectivity index (χ4v) is 4.47. The maximum Gasteiger partial charge on any atom is 0.346 e. The van der Waals surface area contributed by atoms with E-state index in [0.717, 1.165) is 0 Å². The number of hydrogen-bond donors (Lipinski definition) is 2. The van der Waals surface area contributed by atoms with Crippen molar-refractivity contribution in [3.05, 3.63) is 33.8 Å². The number of halogens is 3. The molecule has 1 fully saturated rings. The molecule has 1 aliphatic heterocycles. The van der Waals surface area contributed by atoms with Crippen LogP contribution in [-0.4, -0.2) is 55.2 Å². The number of sulfone groups is 1. The highest BCUT2D eigenvalue weighted by molar-refractivity contribution is 7.91. The fourth-order valence-electron chi connectivity index (χ4n) is 3.09. The lowest BCUT2D eigenvalue weighted by atomic mass is 9.91. The zero-order valence-corrected chi connectivity index (χ0v) is 16.5. The van der Waals surface area contributed by atoms with E-state index < -0.39 is 32.9 Å². The number of nitrogens with two attached hydrogens (primary N) is 1. The molecule has 146 valence electrons. The first kappa shape index (κ1) is 21.4. The number of nitrogens with zero attached hydrogens (tertiary/aromatic N) is 1. The van der Waals surface area contributed by atoms with E-state index in [4.69, 9.17) is 28.9 Å². The van der Waals surface area contributed by atoms with Gasteiger partial charge in [-0.3, -0.25) is 4.90 Å². The molecule has 3 atom stereocenters. The summed E-state index contributed by atoms with van der Waals surface area (Å²) in [7, 11) is -3.19. The molecule has 0 spiro atoms. The van der Waals surface area contributed by atoms with Gasteiger partial charge in [0.2, 0.25) is 5.67 Å². The van der Waals surface area contributed by atoms with Crippen molar-refractivity contribution in [2.45, 2.75) is 36.3 Å². The van der Waals surface area contributed by atoms with Crippen LogP contribution in [0.25, 0.3) is 0 Å². The largest absolute Gasteiger partial charge is 0.479 e. The van der Waals surface area contributed by atoms with E-state index in [1.54, 1.807) is 4.90 Å². The van der Waals surface area contributed by atoms with Crippen molar-refractivity contribution in [2.75, 3.05) is 19.3 Å². The number of carbonyl (C=O) groups is 1. The normalized spacial score (nSPS) is 24.2. The molecule has 1 aromatic rings. The second-order valence-electron chi connectivity index (χ2n) is 6.56. The van der Waals surface area contributed by atoms with Crippen molar-refractivity contribution in [1.82, 2.24) is 4.90 Å². The van der Waals surface area contributed by atoms with Crippen molar-refractivity contribution in [3.63, 3.8) is 0 Å². The van der Waals surface area contributed by atoms with Gasteiger partial charge in [-0.15, -0.1) is 0 Å². The number of rotatable bonds is 6. The molecule has 0 bridgehead atoms. The lowest BCUT2D eigenvalue weighted by molar-refractivity contribution is -0.152. The first-order valence-electron chi connectivity index (χ1n) is 8.01. The first-order valence-corrected chi connectivity index (χ1v) is 10.7. The standard InChI is InChI=1S/C16H21Cl2FN2O4S/c1-26(24,25)11-4-6-21(14(20)9-11)7-5-16(19,15(22)23)10-2-3-12(17)13(18)8-10/h2-3,8,11,14H,4-7,9,20H2,1H3,(H,22,23). The monoisotopic (exact) mass is 426 g/mol. The zero-order valence-electron chi connectivity index (χ0n) is 14.2. The Balaban J connectivity index is 2.12. The van der Waals surface area contributed by atoms with Gasteiger partial charge in [-0.25, -0.2) is 17.6 Å². The molecular formula is C16H21Cl2FN2O4S. The molecule has 0 radical (unpaired) electrons. The third-order valence-electron chi connectivity index (χ3n) is 4.78. The number of aliphatic carboxylic acids is 1. The van der Waals surface area contributed by atoms with Crippen LogP contribution in [0.3, 0.4) is 0 Å². The number of carboxylic acid groups (broad SMARTS) is 1. The summed E-state index contributed by atoms with van der Waals surface area (Å²) >= 11 is 11.7. The Morgan fingerprint density at radius 2 is 2.08 bits per heavy atom. The second kappa shape index (κ2) is 7.98. The Labute approximate surface area is 162 Å². The van der Waals surface area contributed by atoms with Gasteiger partial charge < -0.3 is 10.8 Å². The van der Waals surface area contributed by atoms with Gasteiger partial charge in [0, 0.05) is 31.3 Å². The first-order chi connectivity index (χ1) is 11.9. The van der Waals surface area contributed by atoms with Gasteiger partial charge in [-0.1, -0.05) is 29.3 Å². The quantitative estimate of drug-likeness (QED) is 0.723. The van der Waals surface area contributed by atoms with Gasteiger partial charge >= 0.3 is 5.97 Å². The van der Waals surface area contributed by atoms with Gasteiger partial charge in [-0.2, -0.15) is 0 Å². The Hall–Kier alpha value is -0.930. The molecule has 2 rings (SSSR count). The van der Waals surface area contributed by atoms with Gasteiger partial charge in [0.1, 0.15) is 9.84 Å². The predicted molar refractivity (Wildman–Crippen MR) is 98.9 cm³/mol. The van der Waals surface area contributed by atoms with Crippen molar-refractivity contribution >= 4 is 39.0 Å². The smallest absolute Gasteiger partial charge is 0.346 e. The molecule has 6 nitrogen and oxygen atoms in total. The molecule has 10 heteroatoms. The molecule has 1 saturated heterocycles. The minimum Gasteiger partial charge on any atom is -0.479 e. The molecule has 0 aromatic heterocycles. The molecule has 3 unspecified atom stereocenters. The van der Waals surface area contributed by atoms with E-state index in [2.05, 4.69) is 0 Å². The summed E-state index contributed by atoms with van der Waals surface area (Å²) in [5.41, 5.74) is 3.26. The number of likely N-dealkylation sites (tertiary alicyclic amines) is 1. The summed E-state index contributed by atoms with van der Waals surface area (Å²) < 4.78 is 38.6. The van der Waals surface area contributed by atoms with Gasteiger partial charge in [0.15, 0.2) is 0 Å². The lowest BCUT2D eigenvalue weighted by Crippen LogP contribution is -2.52. The average Bonchev–Trinajstić information content (AvgIpc) is 2.54. The predicted octanol–water partition coefficient (Wildman–Crippen LogP) is 2.43. The minimum atomic E-state index is -3.19. The number of piperidine rings is 1. The summed E-state index contributed by atoms with van der Waals surface area (Å²) in [4.78, 5) is 13.3. The molecule has 0 amide bonds. The molecule has 0 aliphatic carbocycles. The number of carboxylic acids is 1. The Morgan fingerprint density at radius 3 is 2.58 bits per heavy atom. The zero-order chi connectivity index (χ0) is 19.7. The third kappa shape index (κ3) is 4.67. The van der Waals surface area contributed by atoms with Crippen LogP contribution in [0, 0.1) is 0 Å². The second-order valence-corrected chi connectivity index (χ2v) is 9.70. The van der Waals surface area contributed by atoms with Crippen molar-refractivity contribution in [2.24, 2.45) is 5.73 Å². The van der Waals surface area contributed by atoms with Crippen LogP contribution >= 0.6 is 23.2 Å². The van der Waals surface area contributed by atoms with E-state index in [1.807, 2.05) is 0 Å². The van der Waals surface area contributed by atoms with E-state index in [1.165, 1.54) is 24.5 Å². The highest BCUT2D eigenvalue weighted by Crippen LogP contribution is 2.35. The van der Waals surface area contributed by atoms with Crippen molar-refractivity contribution < 1.29 is 22.7 Å². The van der Waals surface area contributed by atoms with E-state index in [9.17, 15) is 18.3 Å². The topological polar surface area (TPSA) is 101 Å². The van der Waals surface area contributed by atoms with E-state index in [0.29, 0.717) is 13.0 Å². The molecule has 26 heavy (non-hydrogen) atoms. The third-order valence-corrected chi connectivity index (χ3v) is 7.16. The highest BCUT2D eigenvalue weighted by atomic mass is 35.5. The van der Waals surface area contributed by atoms with Crippen LogP contribution in [0.2, 0.25) is 10.0 Å². The average molecular weight is 427 g/mol. The molecule has 0 saturated carbocycles. The van der Waals surface area contributed by atoms with E-state index >= 15 is 4.39 Å². The van der Waals surface area contributed by atoms with Crippen LogP contribution in [0.15, 0.2) is 18.2 Å². The van der Waals surface area contributed by atoms with Gasteiger partial charge in [0.05, 0.1) is 21.5 Å². The molecular weight excluding hydrogens is 406 g/mol. The SMILES string of the molecule is CS(=O)(=O)C1CCN(CCC(F)(C(=O)O)c2ccc(Cl)c(Cl)c2)C(N)C1. The fraction of sp³-hybridized carbons (Fsp3) is 0.562. The van der Waals surface area contributed by atoms with Crippen LogP contribution in [0.5, 0.6) is 0 Å². The van der Waals surface area contributed by atoms with Gasteiger partial charge in [0.25, 0.3) is 0 Å². The summed E-state index contributed by atoms with van der Waals surface area (Å²) in [6.45, 7) is 0.427. The molecule has 1 aliphatic rings. The maximum atomic E-state index is 15.2. The van der Waals surface area contributed by atoms with Gasteiger partial charge in [-0.05, 0) is 25.0 Å². The molecule has 1 heterocycles. The highest BCUT2D eigenvalue weighted by Gasteiger charge is 2.42. The van der Waals surface area contributed by atoms with Crippen LogP contribution in [-0.2, 0) is 20.3 Å². The number of alkyl halides is 1. The Bertz CT molecular complexity index is 792.